The Kier molecular flexibility index (Phi) is 3.50. The number of hydrogen-bond acceptors (Lipinski definition) is 6. The van der Waals surface area contributed by atoms with Crippen LogP contribution < -0.4 is 15.4 Å². The summed E-state index contributed by atoms with van der Waals surface area (Å²) in [5, 5.41) is 1.08. The molecule has 2 heterocycles. The molecule has 1 aliphatic heterocycles. The molecule has 1 aromatic heterocycles. The smallest absolute Gasteiger partial charge is 0.197 e. The number of nitrogens with zero attached hydrogens (tertiary/aromatic N) is 3. The van der Waals surface area contributed by atoms with E-state index in [4.69, 9.17) is 10.5 Å². The van der Waals surface area contributed by atoms with Crippen molar-refractivity contribution in [2.45, 2.75) is 6.92 Å². The van der Waals surface area contributed by atoms with Crippen molar-refractivity contribution in [2.24, 2.45) is 0 Å². The maximum atomic E-state index is 5.80. The summed E-state index contributed by atoms with van der Waals surface area (Å²) < 4.78 is 9.72. The molecule has 0 amide bonds. The fourth-order valence-corrected chi connectivity index (χ4v) is 2.59. The molecule has 0 bridgehead atoms. The zero-order valence-electron chi connectivity index (χ0n) is 9.77. The van der Waals surface area contributed by atoms with Crippen molar-refractivity contribution in [3.05, 3.63) is 0 Å². The van der Waals surface area contributed by atoms with Gasteiger partial charge in [0.25, 0.3) is 0 Å². The van der Waals surface area contributed by atoms with Gasteiger partial charge < -0.3 is 20.3 Å². The third-order valence-corrected chi connectivity index (χ3v) is 3.64. The van der Waals surface area contributed by atoms with Crippen molar-refractivity contribution in [1.29, 1.82) is 0 Å². The largest absolute Gasteiger partial charge is 0.487 e. The van der Waals surface area contributed by atoms with Crippen molar-refractivity contribution >= 4 is 22.4 Å². The van der Waals surface area contributed by atoms with Crippen LogP contribution in [0.3, 0.4) is 0 Å². The van der Waals surface area contributed by atoms with Crippen LogP contribution in [0.15, 0.2) is 0 Å². The number of piperazine rings is 1. The van der Waals surface area contributed by atoms with Gasteiger partial charge in [-0.15, -0.1) is 0 Å². The zero-order chi connectivity index (χ0) is 11.5. The van der Waals surface area contributed by atoms with E-state index < -0.39 is 0 Å². The van der Waals surface area contributed by atoms with Gasteiger partial charge in [0.2, 0.25) is 0 Å². The monoisotopic (exact) mass is 242 g/mol. The second-order valence-corrected chi connectivity index (χ2v) is 4.68. The molecule has 2 N–H and O–H groups in total. The van der Waals surface area contributed by atoms with Crippen molar-refractivity contribution in [3.63, 3.8) is 0 Å². The highest BCUT2D eigenvalue weighted by Crippen LogP contribution is 2.38. The molecule has 0 aromatic carbocycles. The van der Waals surface area contributed by atoms with Crippen LogP contribution in [0.5, 0.6) is 5.75 Å². The number of likely N-dealkylation sites (N-methyl/N-ethyl adjacent to an activating group) is 1. The maximum Gasteiger partial charge on any atom is 0.197 e. The van der Waals surface area contributed by atoms with Gasteiger partial charge in [0.1, 0.15) is 0 Å². The average molecular weight is 242 g/mol. The average Bonchev–Trinajstić information content (AvgIpc) is 2.63. The van der Waals surface area contributed by atoms with Crippen molar-refractivity contribution in [2.75, 3.05) is 50.5 Å². The number of nitrogen functional groups attached to an aromatic ring is 1. The van der Waals surface area contributed by atoms with E-state index in [-0.39, 0.29) is 0 Å². The third-order valence-electron chi connectivity index (χ3n) is 2.74. The van der Waals surface area contributed by atoms with E-state index in [1.807, 2.05) is 6.92 Å². The molecule has 6 heteroatoms. The summed E-state index contributed by atoms with van der Waals surface area (Å²) in [5.41, 5.74) is 5.80. The molecule has 2 rings (SSSR count). The number of hydrogen-bond donors (Lipinski definition) is 1. The Morgan fingerprint density at radius 3 is 2.69 bits per heavy atom. The van der Waals surface area contributed by atoms with E-state index in [0.717, 1.165) is 36.9 Å². The number of nitrogens with two attached hydrogens (primary N) is 1. The van der Waals surface area contributed by atoms with Crippen LogP contribution in [0.25, 0.3) is 0 Å². The molecule has 0 spiro atoms. The van der Waals surface area contributed by atoms with E-state index >= 15 is 0 Å². The van der Waals surface area contributed by atoms with Gasteiger partial charge in [0.15, 0.2) is 16.6 Å². The van der Waals surface area contributed by atoms with Crippen molar-refractivity contribution < 1.29 is 4.74 Å². The van der Waals surface area contributed by atoms with E-state index in [1.54, 1.807) is 0 Å². The van der Waals surface area contributed by atoms with Gasteiger partial charge >= 0.3 is 0 Å². The highest BCUT2D eigenvalue weighted by molar-refractivity contribution is 7.11. The van der Waals surface area contributed by atoms with Crippen LogP contribution in [0.1, 0.15) is 6.92 Å². The maximum absolute atomic E-state index is 5.80. The molecule has 1 aliphatic rings. The van der Waals surface area contributed by atoms with Crippen LogP contribution >= 0.6 is 11.5 Å². The predicted molar refractivity (Wildman–Crippen MR) is 67.4 cm³/mol. The fourth-order valence-electron chi connectivity index (χ4n) is 1.78. The summed E-state index contributed by atoms with van der Waals surface area (Å²) >= 11 is 1.43. The molecular weight excluding hydrogens is 224 g/mol. The fraction of sp³-hybridized carbons (Fsp3) is 0.700. The van der Waals surface area contributed by atoms with E-state index in [0.29, 0.717) is 12.4 Å². The minimum absolute atomic E-state index is 0.515. The summed E-state index contributed by atoms with van der Waals surface area (Å²) in [5.74, 6) is 1.28. The van der Waals surface area contributed by atoms with Gasteiger partial charge in [0.05, 0.1) is 6.61 Å². The summed E-state index contributed by atoms with van der Waals surface area (Å²) in [7, 11) is 2.14. The molecular formula is C10H18N4OS. The highest BCUT2D eigenvalue weighted by Gasteiger charge is 2.22. The molecule has 0 atom stereocenters. The van der Waals surface area contributed by atoms with Crippen molar-refractivity contribution in [1.82, 2.24) is 9.27 Å². The van der Waals surface area contributed by atoms with E-state index in [1.165, 1.54) is 11.5 Å². The van der Waals surface area contributed by atoms with Gasteiger partial charge in [0, 0.05) is 26.2 Å². The summed E-state index contributed by atoms with van der Waals surface area (Å²) in [6, 6.07) is 0. The topological polar surface area (TPSA) is 54.6 Å². The number of aromatic nitrogens is 1. The first-order chi connectivity index (χ1) is 7.72. The standard InChI is InChI=1S/C10H18N4OS/c1-3-15-8-9(11)12-16-10(8)14-6-4-13(2)5-7-14/h3-7H2,1-2H3,(H2,11,12). The minimum atomic E-state index is 0.515. The lowest BCUT2D eigenvalue weighted by atomic mass is 10.3. The van der Waals surface area contributed by atoms with Gasteiger partial charge in [-0.25, -0.2) is 0 Å². The molecule has 1 saturated heterocycles. The zero-order valence-corrected chi connectivity index (χ0v) is 10.6. The lowest BCUT2D eigenvalue weighted by Gasteiger charge is -2.33. The molecule has 0 radical (unpaired) electrons. The Morgan fingerprint density at radius 2 is 2.06 bits per heavy atom. The Hall–Kier alpha value is -1.01. The molecule has 5 nitrogen and oxygen atoms in total. The van der Waals surface area contributed by atoms with Crippen LogP contribution in [0.2, 0.25) is 0 Å². The van der Waals surface area contributed by atoms with Crippen LogP contribution in [-0.4, -0.2) is 49.1 Å². The number of anilines is 2. The van der Waals surface area contributed by atoms with Gasteiger partial charge in [-0.1, -0.05) is 0 Å². The molecule has 1 aromatic rings. The first-order valence-electron chi connectivity index (χ1n) is 5.53. The van der Waals surface area contributed by atoms with Crippen molar-refractivity contribution in [3.8, 4) is 5.75 Å². The lowest BCUT2D eigenvalue weighted by molar-refractivity contribution is 0.309. The van der Waals surface area contributed by atoms with Gasteiger partial charge in [-0.3, -0.25) is 0 Å². The first-order valence-corrected chi connectivity index (χ1v) is 6.31. The van der Waals surface area contributed by atoms with Gasteiger partial charge in [-0.2, -0.15) is 4.37 Å². The minimum Gasteiger partial charge on any atom is -0.487 e. The Morgan fingerprint density at radius 1 is 1.38 bits per heavy atom. The Labute approximate surface area is 100.0 Å². The molecule has 16 heavy (non-hydrogen) atoms. The Balaban J connectivity index is 2.13. The lowest BCUT2D eigenvalue weighted by Crippen LogP contribution is -2.44. The third kappa shape index (κ3) is 2.22. The van der Waals surface area contributed by atoms with Gasteiger partial charge in [-0.05, 0) is 25.5 Å². The molecule has 0 unspecified atom stereocenters. The van der Waals surface area contributed by atoms with Crippen LogP contribution in [0.4, 0.5) is 10.8 Å². The van der Waals surface area contributed by atoms with E-state index in [2.05, 4.69) is 21.2 Å². The second kappa shape index (κ2) is 4.88. The summed E-state index contributed by atoms with van der Waals surface area (Å²) in [6.07, 6.45) is 0. The van der Waals surface area contributed by atoms with Crippen LogP contribution in [-0.2, 0) is 0 Å². The first kappa shape index (κ1) is 11.5. The molecule has 0 aliphatic carbocycles. The SMILES string of the molecule is CCOc1c(N)nsc1N1CCN(C)CC1. The normalized spacial score (nSPS) is 17.8. The second-order valence-electron chi connectivity index (χ2n) is 3.93. The molecule has 0 saturated carbocycles. The summed E-state index contributed by atoms with van der Waals surface area (Å²) in [6.45, 7) is 6.76. The van der Waals surface area contributed by atoms with Crippen LogP contribution in [0, 0.1) is 0 Å². The molecule has 90 valence electrons. The molecule has 1 fully saturated rings. The number of rotatable bonds is 3. The quantitative estimate of drug-likeness (QED) is 0.852. The Bertz CT molecular complexity index is 347. The number of ether oxygens (including phenoxy) is 1. The highest BCUT2D eigenvalue weighted by atomic mass is 32.1. The van der Waals surface area contributed by atoms with E-state index in [9.17, 15) is 0 Å². The predicted octanol–water partition coefficient (Wildman–Crippen LogP) is 0.876. The summed E-state index contributed by atoms with van der Waals surface area (Å²) in [4.78, 5) is 4.63.